The first kappa shape index (κ1) is 13.0. The van der Waals surface area contributed by atoms with Crippen molar-refractivity contribution in [2.24, 2.45) is 0 Å². The van der Waals surface area contributed by atoms with Crippen LogP contribution in [0.3, 0.4) is 0 Å². The number of furan rings is 1. The van der Waals surface area contributed by atoms with Crippen LogP contribution in [0.1, 0.15) is 41.7 Å². The number of carbonyl (C=O) groups is 1. The highest BCUT2D eigenvalue weighted by molar-refractivity contribution is 6.00. The number of nitrogens with zero attached hydrogens (tertiary/aromatic N) is 2. The van der Waals surface area contributed by atoms with E-state index in [-0.39, 0.29) is 5.91 Å². The van der Waals surface area contributed by atoms with Crippen molar-refractivity contribution in [1.82, 2.24) is 15.1 Å². The lowest BCUT2D eigenvalue weighted by Gasteiger charge is -2.20. The monoisotopic (exact) mass is 273 g/mol. The van der Waals surface area contributed by atoms with Crippen LogP contribution in [0, 0.1) is 6.92 Å². The SMILES string of the molecule is Cc1[nH]nc(-c2ccco2)c1C(=O)N1CCCCCC1. The van der Waals surface area contributed by atoms with Gasteiger partial charge in [0, 0.05) is 18.8 Å². The van der Waals surface area contributed by atoms with E-state index in [1.54, 1.807) is 12.3 Å². The summed E-state index contributed by atoms with van der Waals surface area (Å²) in [7, 11) is 0. The number of rotatable bonds is 2. The van der Waals surface area contributed by atoms with Gasteiger partial charge in [-0.2, -0.15) is 5.10 Å². The predicted octanol–water partition coefficient (Wildman–Crippen LogP) is 2.99. The summed E-state index contributed by atoms with van der Waals surface area (Å²) in [5.74, 6) is 0.692. The van der Waals surface area contributed by atoms with Crippen LogP contribution >= 0.6 is 0 Å². The second-order valence-electron chi connectivity index (χ2n) is 5.26. The van der Waals surface area contributed by atoms with Gasteiger partial charge in [0.15, 0.2) is 5.76 Å². The number of carbonyl (C=O) groups excluding carboxylic acids is 1. The molecule has 1 N–H and O–H groups in total. The van der Waals surface area contributed by atoms with E-state index < -0.39 is 0 Å². The summed E-state index contributed by atoms with van der Waals surface area (Å²) in [5, 5.41) is 7.13. The average molecular weight is 273 g/mol. The second kappa shape index (κ2) is 5.53. The van der Waals surface area contributed by atoms with E-state index in [4.69, 9.17) is 4.42 Å². The summed E-state index contributed by atoms with van der Waals surface area (Å²) >= 11 is 0. The number of aromatic nitrogens is 2. The van der Waals surface area contributed by atoms with Crippen LogP contribution in [0.2, 0.25) is 0 Å². The molecule has 2 aromatic heterocycles. The van der Waals surface area contributed by atoms with Gasteiger partial charge in [-0.05, 0) is 31.9 Å². The predicted molar refractivity (Wildman–Crippen MR) is 75.4 cm³/mol. The highest BCUT2D eigenvalue weighted by Crippen LogP contribution is 2.26. The Balaban J connectivity index is 1.93. The van der Waals surface area contributed by atoms with Gasteiger partial charge in [-0.3, -0.25) is 9.89 Å². The Morgan fingerprint density at radius 3 is 2.70 bits per heavy atom. The summed E-state index contributed by atoms with van der Waals surface area (Å²) < 4.78 is 5.38. The molecule has 0 saturated carbocycles. The maximum atomic E-state index is 12.8. The zero-order valence-corrected chi connectivity index (χ0v) is 11.7. The lowest BCUT2D eigenvalue weighted by molar-refractivity contribution is 0.0761. The van der Waals surface area contributed by atoms with E-state index in [0.717, 1.165) is 31.6 Å². The molecule has 1 amide bonds. The molecule has 1 aliphatic rings. The number of hydrogen-bond donors (Lipinski definition) is 1. The first-order valence-electron chi connectivity index (χ1n) is 7.15. The minimum Gasteiger partial charge on any atom is -0.463 e. The van der Waals surface area contributed by atoms with Gasteiger partial charge in [0.1, 0.15) is 5.69 Å². The molecular weight excluding hydrogens is 254 g/mol. The molecule has 20 heavy (non-hydrogen) atoms. The van der Waals surface area contributed by atoms with Gasteiger partial charge in [-0.15, -0.1) is 0 Å². The molecule has 3 rings (SSSR count). The Bertz CT molecular complexity index is 578. The van der Waals surface area contributed by atoms with Gasteiger partial charge in [0.2, 0.25) is 0 Å². The Kier molecular flexibility index (Phi) is 3.58. The maximum Gasteiger partial charge on any atom is 0.258 e. The molecule has 0 atom stereocenters. The van der Waals surface area contributed by atoms with Crippen molar-refractivity contribution in [2.45, 2.75) is 32.6 Å². The van der Waals surface area contributed by atoms with Crippen LogP contribution in [0.4, 0.5) is 0 Å². The Hall–Kier alpha value is -2.04. The zero-order chi connectivity index (χ0) is 13.9. The van der Waals surface area contributed by atoms with E-state index in [0.29, 0.717) is 17.0 Å². The van der Waals surface area contributed by atoms with Crippen molar-refractivity contribution in [3.05, 3.63) is 29.7 Å². The summed E-state index contributed by atoms with van der Waals surface area (Å²) in [6.45, 7) is 3.55. The summed E-state index contributed by atoms with van der Waals surface area (Å²) in [5.41, 5.74) is 2.05. The van der Waals surface area contributed by atoms with Crippen molar-refractivity contribution in [3.8, 4) is 11.5 Å². The van der Waals surface area contributed by atoms with Crippen LogP contribution in [0.25, 0.3) is 11.5 Å². The average Bonchev–Trinajstić information content (AvgIpc) is 3.00. The fourth-order valence-electron chi connectivity index (χ4n) is 2.71. The largest absolute Gasteiger partial charge is 0.463 e. The van der Waals surface area contributed by atoms with Gasteiger partial charge in [-0.25, -0.2) is 0 Å². The summed E-state index contributed by atoms with van der Waals surface area (Å²) in [4.78, 5) is 14.7. The topological polar surface area (TPSA) is 62.1 Å². The maximum absolute atomic E-state index is 12.8. The fraction of sp³-hybridized carbons (Fsp3) is 0.467. The van der Waals surface area contributed by atoms with Gasteiger partial charge in [-0.1, -0.05) is 12.8 Å². The Morgan fingerprint density at radius 1 is 1.30 bits per heavy atom. The highest BCUT2D eigenvalue weighted by atomic mass is 16.3. The lowest BCUT2D eigenvalue weighted by atomic mass is 10.1. The van der Waals surface area contributed by atoms with Crippen molar-refractivity contribution in [3.63, 3.8) is 0 Å². The quantitative estimate of drug-likeness (QED) is 0.915. The van der Waals surface area contributed by atoms with E-state index in [9.17, 15) is 4.79 Å². The highest BCUT2D eigenvalue weighted by Gasteiger charge is 2.25. The van der Waals surface area contributed by atoms with Gasteiger partial charge in [0.05, 0.1) is 11.8 Å². The van der Waals surface area contributed by atoms with Crippen LogP contribution in [-0.4, -0.2) is 34.1 Å². The number of hydrogen-bond acceptors (Lipinski definition) is 3. The minimum atomic E-state index is 0.0598. The Labute approximate surface area is 118 Å². The third-order valence-electron chi connectivity index (χ3n) is 3.81. The van der Waals surface area contributed by atoms with Crippen molar-refractivity contribution in [2.75, 3.05) is 13.1 Å². The number of amides is 1. The van der Waals surface area contributed by atoms with Gasteiger partial charge in [0.25, 0.3) is 5.91 Å². The molecule has 106 valence electrons. The fourth-order valence-corrected chi connectivity index (χ4v) is 2.71. The van der Waals surface area contributed by atoms with E-state index in [1.807, 2.05) is 17.9 Å². The minimum absolute atomic E-state index is 0.0598. The first-order valence-corrected chi connectivity index (χ1v) is 7.15. The molecule has 1 fully saturated rings. The van der Waals surface area contributed by atoms with Crippen LogP contribution in [-0.2, 0) is 0 Å². The number of likely N-dealkylation sites (tertiary alicyclic amines) is 1. The molecule has 0 radical (unpaired) electrons. The number of aromatic amines is 1. The van der Waals surface area contributed by atoms with Gasteiger partial charge >= 0.3 is 0 Å². The molecule has 1 aliphatic heterocycles. The van der Waals surface area contributed by atoms with E-state index in [1.165, 1.54) is 12.8 Å². The second-order valence-corrected chi connectivity index (χ2v) is 5.26. The number of aryl methyl sites for hydroxylation is 1. The first-order chi connectivity index (χ1) is 9.77. The van der Waals surface area contributed by atoms with Crippen LogP contribution < -0.4 is 0 Å². The zero-order valence-electron chi connectivity index (χ0n) is 11.7. The molecular formula is C15H19N3O2. The molecule has 5 nitrogen and oxygen atoms in total. The molecule has 5 heteroatoms. The molecule has 0 aromatic carbocycles. The van der Waals surface area contributed by atoms with Gasteiger partial charge < -0.3 is 9.32 Å². The standard InChI is InChI=1S/C15H19N3O2/c1-11-13(14(17-16-11)12-7-6-10-20-12)15(19)18-8-4-2-3-5-9-18/h6-7,10H,2-5,8-9H2,1H3,(H,16,17). The third kappa shape index (κ3) is 2.35. The van der Waals surface area contributed by atoms with E-state index >= 15 is 0 Å². The molecule has 1 saturated heterocycles. The molecule has 3 heterocycles. The van der Waals surface area contributed by atoms with Crippen molar-refractivity contribution >= 4 is 5.91 Å². The van der Waals surface area contributed by atoms with Crippen LogP contribution in [0.15, 0.2) is 22.8 Å². The summed E-state index contributed by atoms with van der Waals surface area (Å²) in [6, 6.07) is 3.63. The Morgan fingerprint density at radius 2 is 2.05 bits per heavy atom. The van der Waals surface area contributed by atoms with E-state index in [2.05, 4.69) is 10.2 Å². The normalized spacial score (nSPS) is 16.1. The van der Waals surface area contributed by atoms with Crippen molar-refractivity contribution in [1.29, 1.82) is 0 Å². The van der Waals surface area contributed by atoms with Crippen molar-refractivity contribution < 1.29 is 9.21 Å². The molecule has 2 aromatic rings. The molecule has 0 spiro atoms. The molecule has 0 unspecified atom stereocenters. The molecule has 0 bridgehead atoms. The third-order valence-corrected chi connectivity index (χ3v) is 3.81. The summed E-state index contributed by atoms with van der Waals surface area (Å²) in [6.07, 6.45) is 6.18. The molecule has 0 aliphatic carbocycles. The number of nitrogens with one attached hydrogen (secondary N) is 1. The number of H-pyrrole nitrogens is 1. The van der Waals surface area contributed by atoms with Crippen LogP contribution in [0.5, 0.6) is 0 Å². The smallest absolute Gasteiger partial charge is 0.258 e. The lowest BCUT2D eigenvalue weighted by Crippen LogP contribution is -2.32.